The molecule has 29 heavy (non-hydrogen) atoms. The fourth-order valence-electron chi connectivity index (χ4n) is 2.85. The maximum atomic E-state index is 13.4. The molecule has 0 unspecified atom stereocenters. The van der Waals surface area contributed by atoms with E-state index in [1.165, 1.54) is 16.9 Å². The molecular weight excluding hydrogens is 378 g/mol. The number of anilines is 1. The number of halogens is 2. The summed E-state index contributed by atoms with van der Waals surface area (Å²) in [4.78, 5) is 16.7. The maximum absolute atomic E-state index is 13.4. The Hall–Kier alpha value is -3.88. The number of benzene rings is 1. The number of aryl methyl sites for hydroxylation is 1. The molecule has 0 radical (unpaired) electrons. The number of aromatic nitrogens is 5. The Kier molecular flexibility index (Phi) is 4.86. The van der Waals surface area contributed by atoms with E-state index in [0.717, 1.165) is 17.8 Å². The third-order valence-corrected chi connectivity index (χ3v) is 4.16. The van der Waals surface area contributed by atoms with Crippen molar-refractivity contribution in [2.45, 2.75) is 13.5 Å². The highest BCUT2D eigenvalue weighted by Gasteiger charge is 2.13. The van der Waals surface area contributed by atoms with Crippen LogP contribution in [-0.2, 0) is 11.3 Å². The standard InChI is InChI=1S/C20H16F2N6O/c1-13-8-19(28(26-13)18-4-2-3-7-23-18)25-20(29)12-27-11-15(10-24-27)14-5-6-16(21)17(22)9-14/h2-11H,12H2,1H3,(H,25,29). The van der Waals surface area contributed by atoms with Crippen molar-refractivity contribution in [3.63, 3.8) is 0 Å². The molecule has 1 N–H and O–H groups in total. The second-order valence-electron chi connectivity index (χ2n) is 6.37. The van der Waals surface area contributed by atoms with Crippen LogP contribution in [-0.4, -0.2) is 30.5 Å². The summed E-state index contributed by atoms with van der Waals surface area (Å²) >= 11 is 0. The summed E-state index contributed by atoms with van der Waals surface area (Å²) in [6, 6.07) is 10.7. The highest BCUT2D eigenvalue weighted by molar-refractivity contribution is 5.90. The van der Waals surface area contributed by atoms with Gasteiger partial charge in [-0.1, -0.05) is 12.1 Å². The number of rotatable bonds is 5. The van der Waals surface area contributed by atoms with Gasteiger partial charge in [0.05, 0.1) is 11.9 Å². The summed E-state index contributed by atoms with van der Waals surface area (Å²) in [6.45, 7) is 1.76. The predicted octanol–water partition coefficient (Wildman–Crippen LogP) is 3.36. The quantitative estimate of drug-likeness (QED) is 0.563. The minimum Gasteiger partial charge on any atom is -0.309 e. The molecule has 0 saturated carbocycles. The number of hydrogen-bond donors (Lipinski definition) is 1. The monoisotopic (exact) mass is 394 g/mol. The number of nitrogens with one attached hydrogen (secondary N) is 1. The van der Waals surface area contributed by atoms with E-state index in [0.29, 0.717) is 22.8 Å². The highest BCUT2D eigenvalue weighted by Crippen LogP contribution is 2.21. The summed E-state index contributed by atoms with van der Waals surface area (Å²) in [6.07, 6.45) is 4.72. The smallest absolute Gasteiger partial charge is 0.247 e. The molecule has 0 aliphatic heterocycles. The van der Waals surface area contributed by atoms with Crippen molar-refractivity contribution in [3.8, 4) is 16.9 Å². The van der Waals surface area contributed by atoms with Crippen molar-refractivity contribution < 1.29 is 13.6 Å². The Morgan fingerprint density at radius 2 is 1.97 bits per heavy atom. The molecule has 0 aliphatic carbocycles. The van der Waals surface area contributed by atoms with E-state index in [4.69, 9.17) is 0 Å². The van der Waals surface area contributed by atoms with Crippen molar-refractivity contribution in [1.82, 2.24) is 24.5 Å². The first-order valence-electron chi connectivity index (χ1n) is 8.75. The maximum Gasteiger partial charge on any atom is 0.247 e. The van der Waals surface area contributed by atoms with Gasteiger partial charge in [0.2, 0.25) is 5.91 Å². The van der Waals surface area contributed by atoms with Crippen molar-refractivity contribution in [2.75, 3.05) is 5.32 Å². The van der Waals surface area contributed by atoms with Crippen LogP contribution < -0.4 is 5.32 Å². The van der Waals surface area contributed by atoms with Crippen molar-refractivity contribution >= 4 is 11.7 Å². The van der Waals surface area contributed by atoms with Crippen LogP contribution in [0.1, 0.15) is 5.69 Å². The molecule has 1 aromatic carbocycles. The Morgan fingerprint density at radius 3 is 2.72 bits per heavy atom. The molecule has 4 rings (SSSR count). The van der Waals surface area contributed by atoms with Gasteiger partial charge in [0.15, 0.2) is 17.5 Å². The van der Waals surface area contributed by atoms with E-state index >= 15 is 0 Å². The van der Waals surface area contributed by atoms with Crippen LogP contribution in [0.15, 0.2) is 61.1 Å². The van der Waals surface area contributed by atoms with Crippen LogP contribution in [0.25, 0.3) is 16.9 Å². The minimum atomic E-state index is -0.939. The first-order valence-corrected chi connectivity index (χ1v) is 8.75. The molecule has 3 heterocycles. The Balaban J connectivity index is 1.49. The van der Waals surface area contributed by atoms with Crippen LogP contribution in [0.5, 0.6) is 0 Å². The fraction of sp³-hybridized carbons (Fsp3) is 0.100. The van der Waals surface area contributed by atoms with E-state index in [9.17, 15) is 13.6 Å². The largest absolute Gasteiger partial charge is 0.309 e. The lowest BCUT2D eigenvalue weighted by Crippen LogP contribution is -2.21. The lowest BCUT2D eigenvalue weighted by atomic mass is 10.1. The molecule has 0 fully saturated rings. The van der Waals surface area contributed by atoms with E-state index in [1.54, 1.807) is 35.3 Å². The summed E-state index contributed by atoms with van der Waals surface area (Å²) in [5, 5.41) is 11.3. The first kappa shape index (κ1) is 18.5. The Labute approximate surface area is 164 Å². The van der Waals surface area contributed by atoms with Gasteiger partial charge in [-0.3, -0.25) is 9.48 Å². The normalized spacial score (nSPS) is 10.9. The van der Waals surface area contributed by atoms with Crippen LogP contribution in [0, 0.1) is 18.6 Å². The number of pyridine rings is 1. The molecule has 0 saturated heterocycles. The SMILES string of the molecule is Cc1cc(NC(=O)Cn2cc(-c3ccc(F)c(F)c3)cn2)n(-c2ccccn2)n1. The van der Waals surface area contributed by atoms with Crippen molar-refractivity contribution in [3.05, 3.63) is 78.4 Å². The molecule has 4 aromatic rings. The molecule has 7 nitrogen and oxygen atoms in total. The third-order valence-electron chi connectivity index (χ3n) is 4.16. The zero-order valence-electron chi connectivity index (χ0n) is 15.4. The molecule has 0 spiro atoms. The van der Waals surface area contributed by atoms with E-state index in [1.807, 2.05) is 13.0 Å². The number of hydrogen-bond acceptors (Lipinski definition) is 4. The lowest BCUT2D eigenvalue weighted by Gasteiger charge is -2.08. The minimum absolute atomic E-state index is 0.0594. The lowest BCUT2D eigenvalue weighted by molar-refractivity contribution is -0.116. The fourth-order valence-corrected chi connectivity index (χ4v) is 2.85. The summed E-state index contributed by atoms with van der Waals surface area (Å²) in [7, 11) is 0. The average molecular weight is 394 g/mol. The van der Waals surface area contributed by atoms with Crippen LogP contribution >= 0.6 is 0 Å². The zero-order valence-corrected chi connectivity index (χ0v) is 15.4. The molecule has 0 atom stereocenters. The predicted molar refractivity (Wildman–Crippen MR) is 102 cm³/mol. The van der Waals surface area contributed by atoms with Gasteiger partial charge in [-0.15, -0.1) is 0 Å². The molecule has 1 amide bonds. The number of carbonyl (C=O) groups excluding carboxylic acids is 1. The zero-order chi connectivity index (χ0) is 20.4. The second-order valence-corrected chi connectivity index (χ2v) is 6.37. The first-order chi connectivity index (χ1) is 14.0. The number of carbonyl (C=O) groups is 1. The van der Waals surface area contributed by atoms with Gasteiger partial charge >= 0.3 is 0 Å². The summed E-state index contributed by atoms with van der Waals surface area (Å²) in [5.41, 5.74) is 1.77. The average Bonchev–Trinajstić information content (AvgIpc) is 3.31. The molecule has 146 valence electrons. The van der Waals surface area contributed by atoms with E-state index < -0.39 is 11.6 Å². The van der Waals surface area contributed by atoms with Gasteiger partial charge in [-0.25, -0.2) is 13.8 Å². The number of amides is 1. The molecular formula is C20H16F2N6O. The van der Waals surface area contributed by atoms with Crippen molar-refractivity contribution in [1.29, 1.82) is 0 Å². The van der Waals surface area contributed by atoms with Crippen molar-refractivity contribution in [2.24, 2.45) is 0 Å². The van der Waals surface area contributed by atoms with E-state index in [-0.39, 0.29) is 12.5 Å². The van der Waals surface area contributed by atoms with Gasteiger partial charge in [-0.05, 0) is 36.8 Å². The van der Waals surface area contributed by atoms with Gasteiger partial charge in [-0.2, -0.15) is 14.9 Å². The second kappa shape index (κ2) is 7.63. The summed E-state index contributed by atoms with van der Waals surface area (Å²) in [5.74, 6) is -1.11. The highest BCUT2D eigenvalue weighted by atomic mass is 19.2. The van der Waals surface area contributed by atoms with E-state index in [2.05, 4.69) is 20.5 Å². The molecule has 9 heteroatoms. The van der Waals surface area contributed by atoms with Crippen LogP contribution in [0.4, 0.5) is 14.6 Å². The van der Waals surface area contributed by atoms with Crippen LogP contribution in [0.3, 0.4) is 0 Å². The topological polar surface area (TPSA) is 77.6 Å². The number of nitrogens with zero attached hydrogens (tertiary/aromatic N) is 5. The Bertz CT molecular complexity index is 1170. The Morgan fingerprint density at radius 1 is 1.10 bits per heavy atom. The third kappa shape index (κ3) is 4.03. The molecule has 0 aliphatic rings. The molecule has 0 bridgehead atoms. The van der Waals surface area contributed by atoms with Gasteiger partial charge in [0.25, 0.3) is 0 Å². The van der Waals surface area contributed by atoms with Gasteiger partial charge in [0.1, 0.15) is 12.4 Å². The molecule has 3 aromatic heterocycles. The van der Waals surface area contributed by atoms with Gasteiger partial charge < -0.3 is 5.32 Å². The van der Waals surface area contributed by atoms with Gasteiger partial charge in [0, 0.05) is 24.0 Å². The van der Waals surface area contributed by atoms with Crippen LogP contribution in [0.2, 0.25) is 0 Å². The summed E-state index contributed by atoms with van der Waals surface area (Å²) < 4.78 is 29.5.